The van der Waals surface area contributed by atoms with E-state index < -0.39 is 0 Å². The molecule has 0 bridgehead atoms. The van der Waals surface area contributed by atoms with E-state index in [4.69, 9.17) is 0 Å². The van der Waals surface area contributed by atoms with Crippen molar-refractivity contribution in [1.29, 1.82) is 0 Å². The number of piperidine rings is 1. The molecule has 4 rings (SSSR count). The largest absolute Gasteiger partial charge is 0.342 e. The quantitative estimate of drug-likeness (QED) is 0.886. The molecule has 1 atom stereocenters. The lowest BCUT2D eigenvalue weighted by Crippen LogP contribution is -2.44. The summed E-state index contributed by atoms with van der Waals surface area (Å²) in [5.41, 5.74) is 2.41. The topological polar surface area (TPSA) is 49.4 Å². The lowest BCUT2D eigenvalue weighted by molar-refractivity contribution is -0.135. The number of hydrogen-bond donors (Lipinski definition) is 1. The van der Waals surface area contributed by atoms with Gasteiger partial charge in [-0.2, -0.15) is 0 Å². The molecule has 1 unspecified atom stereocenters. The first-order valence-electron chi connectivity index (χ1n) is 9.56. The van der Waals surface area contributed by atoms with E-state index in [9.17, 15) is 14.0 Å². The van der Waals surface area contributed by atoms with Crippen molar-refractivity contribution in [2.45, 2.75) is 25.7 Å². The summed E-state index contributed by atoms with van der Waals surface area (Å²) < 4.78 is 13.4. The molecular formula is C22H23FN2O2. The minimum Gasteiger partial charge on any atom is -0.342 e. The van der Waals surface area contributed by atoms with Gasteiger partial charge in [-0.25, -0.2) is 4.39 Å². The Morgan fingerprint density at radius 1 is 0.963 bits per heavy atom. The van der Waals surface area contributed by atoms with Crippen LogP contribution in [-0.4, -0.2) is 29.8 Å². The third kappa shape index (κ3) is 4.18. The number of rotatable bonds is 4. The van der Waals surface area contributed by atoms with Crippen LogP contribution in [0.2, 0.25) is 0 Å². The first-order chi connectivity index (χ1) is 13.1. The summed E-state index contributed by atoms with van der Waals surface area (Å²) in [6.45, 7) is 1.28. The maximum absolute atomic E-state index is 13.4. The van der Waals surface area contributed by atoms with Gasteiger partial charge in [0.05, 0.1) is 5.92 Å². The van der Waals surface area contributed by atoms with Crippen LogP contribution in [0.15, 0.2) is 48.5 Å². The van der Waals surface area contributed by atoms with E-state index in [1.807, 2.05) is 35.2 Å². The summed E-state index contributed by atoms with van der Waals surface area (Å²) in [6, 6.07) is 13.8. The van der Waals surface area contributed by atoms with Crippen molar-refractivity contribution < 1.29 is 14.0 Å². The van der Waals surface area contributed by atoms with Gasteiger partial charge in [-0.15, -0.1) is 0 Å². The number of amides is 2. The highest BCUT2D eigenvalue weighted by atomic mass is 19.1. The Labute approximate surface area is 158 Å². The smallest absolute Gasteiger partial charge is 0.229 e. The second-order valence-corrected chi connectivity index (χ2v) is 7.47. The zero-order valence-electron chi connectivity index (χ0n) is 15.2. The molecule has 2 fully saturated rings. The summed E-state index contributed by atoms with van der Waals surface area (Å²) >= 11 is 0. The van der Waals surface area contributed by atoms with Gasteiger partial charge < -0.3 is 10.2 Å². The Morgan fingerprint density at radius 2 is 1.74 bits per heavy atom. The Bertz CT molecular complexity index is 846. The minimum absolute atomic E-state index is 0.0400. The fourth-order valence-corrected chi connectivity index (χ4v) is 3.64. The molecule has 1 saturated heterocycles. The molecule has 1 aliphatic heterocycles. The maximum atomic E-state index is 13.4. The number of anilines is 1. The van der Waals surface area contributed by atoms with Crippen molar-refractivity contribution in [3.05, 3.63) is 54.3 Å². The van der Waals surface area contributed by atoms with Crippen molar-refractivity contribution >= 4 is 17.5 Å². The number of benzene rings is 2. The van der Waals surface area contributed by atoms with Crippen LogP contribution in [0.5, 0.6) is 0 Å². The van der Waals surface area contributed by atoms with Gasteiger partial charge in [-0.1, -0.05) is 24.3 Å². The Hall–Kier alpha value is -2.69. The van der Waals surface area contributed by atoms with Crippen molar-refractivity contribution in [3.63, 3.8) is 0 Å². The summed E-state index contributed by atoms with van der Waals surface area (Å²) in [5, 5.41) is 2.96. The first-order valence-corrected chi connectivity index (χ1v) is 9.56. The molecule has 4 nitrogen and oxygen atoms in total. The van der Waals surface area contributed by atoms with Crippen LogP contribution in [0.25, 0.3) is 11.1 Å². The van der Waals surface area contributed by atoms with E-state index in [-0.39, 0.29) is 29.5 Å². The summed E-state index contributed by atoms with van der Waals surface area (Å²) in [5.74, 6) is -0.0623. The fraction of sp³-hybridized carbons (Fsp3) is 0.364. The maximum Gasteiger partial charge on any atom is 0.229 e. The Morgan fingerprint density at radius 3 is 2.44 bits per heavy atom. The van der Waals surface area contributed by atoms with Gasteiger partial charge in [-0.3, -0.25) is 9.59 Å². The van der Waals surface area contributed by atoms with E-state index in [1.165, 1.54) is 12.1 Å². The number of nitrogens with one attached hydrogen (secondary N) is 1. The van der Waals surface area contributed by atoms with Gasteiger partial charge in [-0.05, 0) is 61.1 Å². The molecule has 1 aliphatic carbocycles. The van der Waals surface area contributed by atoms with Crippen molar-refractivity contribution in [2.24, 2.45) is 11.8 Å². The Kier molecular flexibility index (Phi) is 4.92. The highest BCUT2D eigenvalue weighted by molar-refractivity contribution is 5.93. The number of halogens is 1. The highest BCUT2D eigenvalue weighted by Gasteiger charge is 2.36. The molecular weight excluding hydrogens is 343 g/mol. The highest BCUT2D eigenvalue weighted by Crippen LogP contribution is 2.32. The zero-order valence-corrected chi connectivity index (χ0v) is 15.2. The molecule has 2 aromatic rings. The molecule has 0 spiro atoms. The van der Waals surface area contributed by atoms with Crippen molar-refractivity contribution in [3.8, 4) is 11.1 Å². The van der Waals surface area contributed by atoms with Crippen LogP contribution >= 0.6 is 0 Å². The molecule has 2 aliphatic rings. The number of hydrogen-bond acceptors (Lipinski definition) is 2. The molecule has 2 amide bonds. The standard InChI is InChI=1S/C22H23FN2O2/c23-19-5-1-3-17(13-19)15-8-10-20(11-9-15)24-21(26)18-4-2-12-25(14-18)22(27)16-6-7-16/h1,3,5,8-11,13,16,18H,2,4,6-7,12,14H2,(H,24,26). The van der Waals surface area contributed by atoms with Gasteiger partial charge in [0.2, 0.25) is 11.8 Å². The van der Waals surface area contributed by atoms with E-state index in [1.54, 1.807) is 6.07 Å². The average molecular weight is 366 g/mol. The van der Waals surface area contributed by atoms with Crippen molar-refractivity contribution in [1.82, 2.24) is 4.90 Å². The van der Waals surface area contributed by atoms with Crippen LogP contribution < -0.4 is 5.32 Å². The molecule has 0 radical (unpaired) electrons. The average Bonchev–Trinajstić information content (AvgIpc) is 3.53. The lowest BCUT2D eigenvalue weighted by atomic mass is 9.96. The zero-order chi connectivity index (χ0) is 18.8. The van der Waals surface area contributed by atoms with E-state index >= 15 is 0 Å². The summed E-state index contributed by atoms with van der Waals surface area (Å²) in [7, 11) is 0. The van der Waals surface area contributed by atoms with Crippen molar-refractivity contribution in [2.75, 3.05) is 18.4 Å². The predicted octanol–water partition coefficient (Wildman–Crippen LogP) is 4.08. The second kappa shape index (κ2) is 7.51. The van der Waals surface area contributed by atoms with Crippen LogP contribution in [0.4, 0.5) is 10.1 Å². The lowest BCUT2D eigenvalue weighted by Gasteiger charge is -2.32. The fourth-order valence-electron chi connectivity index (χ4n) is 3.64. The number of likely N-dealkylation sites (tertiary alicyclic amines) is 1. The third-order valence-electron chi connectivity index (χ3n) is 5.34. The molecule has 5 heteroatoms. The van der Waals surface area contributed by atoms with Gasteiger partial charge >= 0.3 is 0 Å². The molecule has 1 heterocycles. The summed E-state index contributed by atoms with van der Waals surface area (Å²) in [6.07, 6.45) is 3.66. The summed E-state index contributed by atoms with van der Waals surface area (Å²) in [4.78, 5) is 26.7. The van der Waals surface area contributed by atoms with E-state index in [0.29, 0.717) is 12.2 Å². The van der Waals surface area contributed by atoms with Crippen LogP contribution in [-0.2, 0) is 9.59 Å². The van der Waals surface area contributed by atoms with Gasteiger partial charge in [0.15, 0.2) is 0 Å². The van der Waals surface area contributed by atoms with Gasteiger partial charge in [0, 0.05) is 24.7 Å². The van der Waals surface area contributed by atoms with Crippen LogP contribution in [0.1, 0.15) is 25.7 Å². The SMILES string of the molecule is O=C(Nc1ccc(-c2cccc(F)c2)cc1)C1CCCN(C(=O)C2CC2)C1. The van der Waals surface area contributed by atoms with E-state index in [0.717, 1.165) is 43.4 Å². The molecule has 140 valence electrons. The molecule has 1 N–H and O–H groups in total. The molecule has 2 aromatic carbocycles. The molecule has 27 heavy (non-hydrogen) atoms. The van der Waals surface area contributed by atoms with E-state index in [2.05, 4.69) is 5.32 Å². The number of carbonyl (C=O) groups is 2. The van der Waals surface area contributed by atoms with Gasteiger partial charge in [0.25, 0.3) is 0 Å². The van der Waals surface area contributed by atoms with Crippen LogP contribution in [0, 0.1) is 17.7 Å². The number of nitrogens with zero attached hydrogens (tertiary/aromatic N) is 1. The minimum atomic E-state index is -0.271. The van der Waals surface area contributed by atoms with Crippen LogP contribution in [0.3, 0.4) is 0 Å². The number of carbonyl (C=O) groups excluding carboxylic acids is 2. The monoisotopic (exact) mass is 366 g/mol. The second-order valence-electron chi connectivity index (χ2n) is 7.47. The third-order valence-corrected chi connectivity index (χ3v) is 5.34. The normalized spacial score (nSPS) is 19.6. The predicted molar refractivity (Wildman–Crippen MR) is 102 cm³/mol. The van der Waals surface area contributed by atoms with Gasteiger partial charge in [0.1, 0.15) is 5.82 Å². The Balaban J connectivity index is 1.38. The first kappa shape index (κ1) is 17.7. The molecule has 0 aromatic heterocycles. The molecule has 1 saturated carbocycles.